The Morgan fingerprint density at radius 3 is 2.81 bits per heavy atom. The van der Waals surface area contributed by atoms with Gasteiger partial charge in [0, 0.05) is 5.75 Å². The predicted octanol–water partition coefficient (Wildman–Crippen LogP) is 3.25. The molecule has 0 heterocycles. The quantitative estimate of drug-likeness (QED) is 0.652. The molecule has 0 radical (unpaired) electrons. The molecule has 3 nitrogen and oxygen atoms in total. The minimum atomic E-state index is -0.570. The SMILES string of the molecule is CCCNC(C)(CCCSCc1cccc(C)c1)C(N)=O. The summed E-state index contributed by atoms with van der Waals surface area (Å²) in [6.45, 7) is 6.95. The van der Waals surface area contributed by atoms with Gasteiger partial charge in [-0.2, -0.15) is 11.8 Å². The molecule has 21 heavy (non-hydrogen) atoms. The summed E-state index contributed by atoms with van der Waals surface area (Å²) in [5.41, 5.74) is 7.62. The van der Waals surface area contributed by atoms with E-state index in [1.807, 2.05) is 18.7 Å². The molecule has 0 bridgehead atoms. The Morgan fingerprint density at radius 1 is 1.43 bits per heavy atom. The van der Waals surface area contributed by atoms with Gasteiger partial charge in [0.15, 0.2) is 0 Å². The molecule has 0 aromatic heterocycles. The Labute approximate surface area is 133 Å². The van der Waals surface area contributed by atoms with Crippen molar-refractivity contribution in [2.24, 2.45) is 5.73 Å². The lowest BCUT2D eigenvalue weighted by atomic mass is 9.95. The fourth-order valence-electron chi connectivity index (χ4n) is 2.22. The molecule has 3 N–H and O–H groups in total. The molecule has 1 aromatic carbocycles. The smallest absolute Gasteiger partial charge is 0.237 e. The van der Waals surface area contributed by atoms with Crippen molar-refractivity contribution in [2.45, 2.75) is 51.3 Å². The molecule has 1 aromatic rings. The fraction of sp³-hybridized carbons (Fsp3) is 0.588. The van der Waals surface area contributed by atoms with E-state index in [0.717, 1.165) is 37.3 Å². The van der Waals surface area contributed by atoms with Gasteiger partial charge in [-0.15, -0.1) is 0 Å². The molecule has 4 heteroatoms. The van der Waals surface area contributed by atoms with E-state index < -0.39 is 5.54 Å². The van der Waals surface area contributed by atoms with Crippen LogP contribution in [0.5, 0.6) is 0 Å². The fourth-order valence-corrected chi connectivity index (χ4v) is 3.13. The zero-order valence-electron chi connectivity index (χ0n) is 13.4. The van der Waals surface area contributed by atoms with E-state index in [0.29, 0.717) is 0 Å². The molecule has 0 saturated carbocycles. The van der Waals surface area contributed by atoms with Crippen LogP contribution in [0.15, 0.2) is 24.3 Å². The highest BCUT2D eigenvalue weighted by molar-refractivity contribution is 7.98. The maximum Gasteiger partial charge on any atom is 0.237 e. The largest absolute Gasteiger partial charge is 0.368 e. The van der Waals surface area contributed by atoms with Gasteiger partial charge < -0.3 is 11.1 Å². The standard InChI is InChI=1S/C17H28N2OS/c1-4-10-19-17(3,16(18)20)9-6-11-21-13-15-8-5-7-14(2)12-15/h5,7-8,12,19H,4,6,9-11,13H2,1-3H3,(H2,18,20). The number of hydrogen-bond donors (Lipinski definition) is 2. The lowest BCUT2D eigenvalue weighted by Crippen LogP contribution is -2.53. The summed E-state index contributed by atoms with van der Waals surface area (Å²) >= 11 is 1.91. The molecule has 118 valence electrons. The van der Waals surface area contributed by atoms with Gasteiger partial charge in [-0.3, -0.25) is 4.79 Å². The number of aryl methyl sites for hydroxylation is 1. The summed E-state index contributed by atoms with van der Waals surface area (Å²) in [7, 11) is 0. The molecule has 1 atom stereocenters. The van der Waals surface area contributed by atoms with Crippen LogP contribution in [0.4, 0.5) is 0 Å². The van der Waals surface area contributed by atoms with Crippen molar-refractivity contribution in [2.75, 3.05) is 12.3 Å². The van der Waals surface area contributed by atoms with Gasteiger partial charge in [0.2, 0.25) is 5.91 Å². The van der Waals surface area contributed by atoms with E-state index in [1.165, 1.54) is 11.1 Å². The molecule has 1 rings (SSSR count). The normalized spacial score (nSPS) is 13.9. The van der Waals surface area contributed by atoms with Crippen LogP contribution in [0.25, 0.3) is 0 Å². The molecule has 0 aliphatic rings. The highest BCUT2D eigenvalue weighted by Crippen LogP contribution is 2.18. The number of carbonyl (C=O) groups excluding carboxylic acids is 1. The maximum atomic E-state index is 11.6. The van der Waals surface area contributed by atoms with Crippen LogP contribution < -0.4 is 11.1 Å². The number of primary amides is 1. The van der Waals surface area contributed by atoms with E-state index in [1.54, 1.807) is 0 Å². The lowest BCUT2D eigenvalue weighted by Gasteiger charge is -2.27. The highest BCUT2D eigenvalue weighted by atomic mass is 32.2. The van der Waals surface area contributed by atoms with Crippen LogP contribution in [0, 0.1) is 6.92 Å². The Bertz CT molecular complexity index is 450. The van der Waals surface area contributed by atoms with Crippen molar-refractivity contribution in [3.8, 4) is 0 Å². The number of hydrogen-bond acceptors (Lipinski definition) is 3. The molecule has 0 aliphatic carbocycles. The number of carbonyl (C=O) groups is 1. The summed E-state index contributed by atoms with van der Waals surface area (Å²) in [6, 6.07) is 8.61. The lowest BCUT2D eigenvalue weighted by molar-refractivity contribution is -0.124. The van der Waals surface area contributed by atoms with Crippen molar-refractivity contribution in [3.05, 3.63) is 35.4 Å². The molecule has 1 unspecified atom stereocenters. The van der Waals surface area contributed by atoms with Gasteiger partial charge in [0.1, 0.15) is 0 Å². The number of amides is 1. The van der Waals surface area contributed by atoms with E-state index in [4.69, 9.17) is 5.73 Å². The monoisotopic (exact) mass is 308 g/mol. The molecule has 0 aliphatic heterocycles. The van der Waals surface area contributed by atoms with Crippen LogP contribution in [0.3, 0.4) is 0 Å². The van der Waals surface area contributed by atoms with Crippen LogP contribution in [0.1, 0.15) is 44.2 Å². The van der Waals surface area contributed by atoms with Crippen LogP contribution in [0.2, 0.25) is 0 Å². The van der Waals surface area contributed by atoms with Crippen molar-refractivity contribution in [1.29, 1.82) is 0 Å². The zero-order valence-corrected chi connectivity index (χ0v) is 14.3. The first kappa shape index (κ1) is 18.1. The van der Waals surface area contributed by atoms with Gasteiger partial charge >= 0.3 is 0 Å². The Morgan fingerprint density at radius 2 is 2.19 bits per heavy atom. The number of nitrogens with two attached hydrogens (primary N) is 1. The summed E-state index contributed by atoms with van der Waals surface area (Å²) < 4.78 is 0. The second-order valence-corrected chi connectivity index (χ2v) is 6.87. The van der Waals surface area contributed by atoms with Crippen LogP contribution in [-0.4, -0.2) is 23.7 Å². The first-order valence-electron chi connectivity index (χ1n) is 7.66. The second kappa shape index (κ2) is 9.11. The summed E-state index contributed by atoms with van der Waals surface area (Å²) in [6.07, 6.45) is 2.79. The maximum absolute atomic E-state index is 11.6. The third-order valence-electron chi connectivity index (χ3n) is 3.63. The first-order chi connectivity index (χ1) is 9.98. The topological polar surface area (TPSA) is 55.1 Å². The minimum absolute atomic E-state index is 0.250. The molecule has 1 amide bonds. The Hall–Kier alpha value is -1.00. The average Bonchev–Trinajstić information content (AvgIpc) is 2.44. The van der Waals surface area contributed by atoms with Crippen LogP contribution >= 0.6 is 11.8 Å². The molecule has 0 saturated heterocycles. The minimum Gasteiger partial charge on any atom is -0.368 e. The first-order valence-corrected chi connectivity index (χ1v) is 8.81. The molecular weight excluding hydrogens is 280 g/mol. The van der Waals surface area contributed by atoms with Gasteiger partial charge in [-0.25, -0.2) is 0 Å². The highest BCUT2D eigenvalue weighted by Gasteiger charge is 2.29. The van der Waals surface area contributed by atoms with Crippen molar-refractivity contribution in [3.63, 3.8) is 0 Å². The number of nitrogens with one attached hydrogen (secondary N) is 1. The molecular formula is C17H28N2OS. The second-order valence-electron chi connectivity index (χ2n) is 5.77. The van der Waals surface area contributed by atoms with Gasteiger partial charge in [-0.05, 0) is 51.0 Å². The van der Waals surface area contributed by atoms with E-state index >= 15 is 0 Å². The average molecular weight is 308 g/mol. The Kier molecular flexibility index (Phi) is 7.83. The third kappa shape index (κ3) is 6.53. The Balaban J connectivity index is 2.30. The zero-order chi connectivity index (χ0) is 15.7. The summed E-state index contributed by atoms with van der Waals surface area (Å²) in [5, 5.41) is 3.28. The van der Waals surface area contributed by atoms with Crippen molar-refractivity contribution >= 4 is 17.7 Å². The number of thioether (sulfide) groups is 1. The van der Waals surface area contributed by atoms with Crippen molar-refractivity contribution in [1.82, 2.24) is 5.32 Å². The number of rotatable bonds is 10. The number of benzene rings is 1. The van der Waals surface area contributed by atoms with E-state index in [2.05, 4.69) is 43.4 Å². The third-order valence-corrected chi connectivity index (χ3v) is 4.74. The molecule has 0 spiro atoms. The van der Waals surface area contributed by atoms with Gasteiger partial charge in [0.05, 0.1) is 5.54 Å². The molecule has 0 fully saturated rings. The van der Waals surface area contributed by atoms with E-state index in [-0.39, 0.29) is 5.91 Å². The van der Waals surface area contributed by atoms with Crippen molar-refractivity contribution < 1.29 is 4.79 Å². The predicted molar refractivity (Wildman–Crippen MR) is 92.5 cm³/mol. The summed E-state index contributed by atoms with van der Waals surface area (Å²) in [5.74, 6) is 1.82. The van der Waals surface area contributed by atoms with Gasteiger partial charge in [0.25, 0.3) is 0 Å². The summed E-state index contributed by atoms with van der Waals surface area (Å²) in [4.78, 5) is 11.6. The van der Waals surface area contributed by atoms with Gasteiger partial charge in [-0.1, -0.05) is 36.8 Å². The van der Waals surface area contributed by atoms with Crippen LogP contribution in [-0.2, 0) is 10.5 Å². The van der Waals surface area contributed by atoms with E-state index in [9.17, 15) is 4.79 Å².